The number of rotatable bonds is 5. The Kier molecular flexibility index (Phi) is 4.98. The molecule has 5 nitrogen and oxygen atoms in total. The zero-order valence-electron chi connectivity index (χ0n) is 17.0. The quantitative estimate of drug-likeness (QED) is 0.710. The number of hydrogen-bond acceptors (Lipinski definition) is 4. The Balaban J connectivity index is 1.36. The van der Waals surface area contributed by atoms with Crippen LogP contribution in [-0.4, -0.2) is 41.4 Å². The first-order valence-corrected chi connectivity index (χ1v) is 10.6. The van der Waals surface area contributed by atoms with E-state index in [-0.39, 0.29) is 0 Å². The van der Waals surface area contributed by atoms with Gasteiger partial charge in [-0.3, -0.25) is 4.90 Å². The number of para-hydroxylation sites is 2. The van der Waals surface area contributed by atoms with Crippen molar-refractivity contribution in [3.63, 3.8) is 0 Å². The first-order chi connectivity index (χ1) is 14.3. The first-order valence-electron chi connectivity index (χ1n) is 10.6. The minimum Gasteiger partial charge on any atom is -0.494 e. The molecule has 5 rings (SSSR count). The number of hydrogen-bond donors (Lipinski definition) is 1. The molecule has 29 heavy (non-hydrogen) atoms. The summed E-state index contributed by atoms with van der Waals surface area (Å²) in [5.41, 5.74) is 5.09. The molecular formula is C24H28N4O. The number of anilines is 1. The fourth-order valence-corrected chi connectivity index (χ4v) is 4.71. The van der Waals surface area contributed by atoms with Gasteiger partial charge in [-0.2, -0.15) is 5.10 Å². The smallest absolute Gasteiger partial charge is 0.144 e. The van der Waals surface area contributed by atoms with Crippen molar-refractivity contribution in [2.75, 3.05) is 32.1 Å². The zero-order chi connectivity index (χ0) is 19.6. The van der Waals surface area contributed by atoms with Crippen LogP contribution >= 0.6 is 0 Å². The largest absolute Gasteiger partial charge is 0.494 e. The van der Waals surface area contributed by atoms with E-state index >= 15 is 0 Å². The van der Waals surface area contributed by atoms with Crippen molar-refractivity contribution in [3.8, 4) is 11.4 Å². The van der Waals surface area contributed by atoms with E-state index in [1.54, 1.807) is 7.11 Å². The molecule has 3 aromatic rings. The highest BCUT2D eigenvalue weighted by atomic mass is 16.5. The van der Waals surface area contributed by atoms with Gasteiger partial charge in [0.15, 0.2) is 0 Å². The van der Waals surface area contributed by atoms with Gasteiger partial charge in [0.05, 0.1) is 12.8 Å². The number of likely N-dealkylation sites (tertiary alicyclic amines) is 1. The summed E-state index contributed by atoms with van der Waals surface area (Å²) >= 11 is 0. The SMILES string of the molecule is COc1ccccc1-n1nc(C2CCN(Cc3ccccc3)CC2)c2c1NCC2. The molecule has 1 aromatic heterocycles. The normalized spacial score (nSPS) is 17.1. The van der Waals surface area contributed by atoms with Crippen LogP contribution in [0.4, 0.5) is 5.82 Å². The van der Waals surface area contributed by atoms with Gasteiger partial charge < -0.3 is 10.1 Å². The average Bonchev–Trinajstić information content (AvgIpc) is 3.38. The van der Waals surface area contributed by atoms with Gasteiger partial charge in [-0.05, 0) is 50.0 Å². The first kappa shape index (κ1) is 18.3. The molecule has 1 fully saturated rings. The molecule has 5 heteroatoms. The van der Waals surface area contributed by atoms with E-state index in [1.165, 1.54) is 29.7 Å². The monoisotopic (exact) mass is 388 g/mol. The second-order valence-electron chi connectivity index (χ2n) is 8.01. The summed E-state index contributed by atoms with van der Waals surface area (Å²) in [4.78, 5) is 2.57. The molecule has 0 atom stereocenters. The number of aromatic nitrogens is 2. The molecule has 2 aliphatic heterocycles. The fraction of sp³-hybridized carbons (Fsp3) is 0.375. The molecule has 1 N–H and O–H groups in total. The lowest BCUT2D eigenvalue weighted by molar-refractivity contribution is 0.203. The Morgan fingerprint density at radius 1 is 1.03 bits per heavy atom. The number of ether oxygens (including phenoxy) is 1. The molecule has 0 amide bonds. The van der Waals surface area contributed by atoms with E-state index in [2.05, 4.69) is 51.3 Å². The summed E-state index contributed by atoms with van der Waals surface area (Å²) in [7, 11) is 1.72. The second-order valence-corrected chi connectivity index (χ2v) is 8.01. The van der Waals surface area contributed by atoms with Crippen molar-refractivity contribution in [1.82, 2.24) is 14.7 Å². The summed E-state index contributed by atoms with van der Waals surface area (Å²) in [5, 5.41) is 8.65. The minimum absolute atomic E-state index is 0.534. The molecule has 0 saturated carbocycles. The highest BCUT2D eigenvalue weighted by Crippen LogP contribution is 2.38. The summed E-state index contributed by atoms with van der Waals surface area (Å²) in [6, 6.07) is 18.9. The molecule has 2 aromatic carbocycles. The van der Waals surface area contributed by atoms with E-state index in [0.717, 1.165) is 49.9 Å². The van der Waals surface area contributed by atoms with E-state index in [4.69, 9.17) is 9.84 Å². The van der Waals surface area contributed by atoms with E-state index in [0.29, 0.717) is 5.92 Å². The molecule has 1 saturated heterocycles. The van der Waals surface area contributed by atoms with Crippen molar-refractivity contribution < 1.29 is 4.74 Å². The second kappa shape index (κ2) is 7.91. The van der Waals surface area contributed by atoms with Crippen LogP contribution < -0.4 is 10.1 Å². The number of benzene rings is 2. The Labute approximate surface area is 172 Å². The van der Waals surface area contributed by atoms with Gasteiger partial charge in [0.1, 0.15) is 17.3 Å². The lowest BCUT2D eigenvalue weighted by Crippen LogP contribution is -2.32. The van der Waals surface area contributed by atoms with Crippen LogP contribution in [-0.2, 0) is 13.0 Å². The Morgan fingerprint density at radius 3 is 2.59 bits per heavy atom. The van der Waals surface area contributed by atoms with Crippen LogP contribution in [0.5, 0.6) is 5.75 Å². The highest BCUT2D eigenvalue weighted by Gasteiger charge is 2.30. The molecule has 2 aliphatic rings. The predicted molar refractivity (Wildman–Crippen MR) is 116 cm³/mol. The maximum Gasteiger partial charge on any atom is 0.144 e. The standard InChI is InChI=1S/C24H28N4O/c1-29-22-10-6-5-9-21(22)28-24-20(11-14-25-24)23(26-28)19-12-15-27(16-13-19)17-18-7-3-2-4-8-18/h2-10,19,25H,11-17H2,1H3. The van der Waals surface area contributed by atoms with Crippen LogP contribution in [0.25, 0.3) is 5.69 Å². The minimum atomic E-state index is 0.534. The third-order valence-electron chi connectivity index (χ3n) is 6.22. The van der Waals surface area contributed by atoms with Crippen molar-refractivity contribution in [1.29, 1.82) is 0 Å². The number of methoxy groups -OCH3 is 1. The summed E-state index contributed by atoms with van der Waals surface area (Å²) in [6.45, 7) is 4.29. The molecule has 0 unspecified atom stereocenters. The van der Waals surface area contributed by atoms with Gasteiger partial charge in [0.25, 0.3) is 0 Å². The van der Waals surface area contributed by atoms with Crippen LogP contribution in [0.2, 0.25) is 0 Å². The average molecular weight is 389 g/mol. The summed E-state index contributed by atoms with van der Waals surface area (Å²) in [5.74, 6) is 2.54. The van der Waals surface area contributed by atoms with Crippen LogP contribution in [0.3, 0.4) is 0 Å². The van der Waals surface area contributed by atoms with E-state index in [9.17, 15) is 0 Å². The van der Waals surface area contributed by atoms with Crippen molar-refractivity contribution in [2.45, 2.75) is 31.7 Å². The molecule has 0 bridgehead atoms. The number of nitrogens with zero attached hydrogens (tertiary/aromatic N) is 3. The lowest BCUT2D eigenvalue weighted by atomic mass is 9.90. The molecule has 3 heterocycles. The molecule has 0 aliphatic carbocycles. The Hall–Kier alpha value is -2.79. The maximum atomic E-state index is 5.59. The number of fused-ring (bicyclic) bond motifs is 1. The number of piperidine rings is 1. The van der Waals surface area contributed by atoms with Gasteiger partial charge >= 0.3 is 0 Å². The molecule has 0 radical (unpaired) electrons. The maximum absolute atomic E-state index is 5.59. The van der Waals surface area contributed by atoms with Crippen molar-refractivity contribution in [3.05, 3.63) is 71.4 Å². The fourth-order valence-electron chi connectivity index (χ4n) is 4.71. The van der Waals surface area contributed by atoms with Gasteiger partial charge in [0, 0.05) is 24.6 Å². The number of nitrogens with one attached hydrogen (secondary N) is 1. The van der Waals surface area contributed by atoms with Gasteiger partial charge in [-0.1, -0.05) is 42.5 Å². The third kappa shape index (κ3) is 3.51. The lowest BCUT2D eigenvalue weighted by Gasteiger charge is -2.31. The van der Waals surface area contributed by atoms with E-state index < -0.39 is 0 Å². The van der Waals surface area contributed by atoms with E-state index in [1.807, 2.05) is 18.2 Å². The highest BCUT2D eigenvalue weighted by molar-refractivity contribution is 5.60. The van der Waals surface area contributed by atoms with Gasteiger partial charge in [-0.15, -0.1) is 0 Å². The zero-order valence-corrected chi connectivity index (χ0v) is 17.0. The summed E-state index contributed by atoms with van der Waals surface area (Å²) in [6.07, 6.45) is 3.40. The van der Waals surface area contributed by atoms with Crippen LogP contribution in [0, 0.1) is 0 Å². The predicted octanol–water partition coefficient (Wildman–Crippen LogP) is 4.23. The Bertz CT molecular complexity index is 974. The van der Waals surface area contributed by atoms with Crippen LogP contribution in [0.1, 0.15) is 35.6 Å². The van der Waals surface area contributed by atoms with Crippen molar-refractivity contribution >= 4 is 5.82 Å². The van der Waals surface area contributed by atoms with Gasteiger partial charge in [0.2, 0.25) is 0 Å². The Morgan fingerprint density at radius 2 is 1.79 bits per heavy atom. The van der Waals surface area contributed by atoms with Crippen LogP contribution in [0.15, 0.2) is 54.6 Å². The molecule has 0 spiro atoms. The topological polar surface area (TPSA) is 42.3 Å². The molecule has 150 valence electrons. The van der Waals surface area contributed by atoms with Crippen molar-refractivity contribution in [2.24, 2.45) is 0 Å². The molecular weight excluding hydrogens is 360 g/mol. The third-order valence-corrected chi connectivity index (χ3v) is 6.22. The van der Waals surface area contributed by atoms with Gasteiger partial charge in [-0.25, -0.2) is 4.68 Å². The summed E-state index contributed by atoms with van der Waals surface area (Å²) < 4.78 is 7.65.